The van der Waals surface area contributed by atoms with Crippen molar-refractivity contribution in [3.05, 3.63) is 0 Å². The van der Waals surface area contributed by atoms with E-state index in [0.29, 0.717) is 0 Å². The fourth-order valence-electron chi connectivity index (χ4n) is 3.19. The fourth-order valence-corrected chi connectivity index (χ4v) is 3.19. The maximum Gasteiger partial charge on any atom is 0.140 e. The summed E-state index contributed by atoms with van der Waals surface area (Å²) < 4.78 is 0. The highest BCUT2D eigenvalue weighted by Gasteiger charge is 2.26. The molecule has 0 N–H and O–H groups in total. The summed E-state index contributed by atoms with van der Waals surface area (Å²) in [5.74, 6) is 5.07. The van der Waals surface area contributed by atoms with Crippen LogP contribution in [0.2, 0.25) is 19.0 Å². The largest absolute Gasteiger partial charge is 0.140 e. The molecule has 4 unspecified atom stereocenters. The van der Waals surface area contributed by atoms with Gasteiger partial charge in [-0.1, -0.05) is 80.3 Å². The van der Waals surface area contributed by atoms with Gasteiger partial charge < -0.3 is 0 Å². The normalized spacial score (nSPS) is 18.8. The van der Waals surface area contributed by atoms with Crippen LogP contribution in [0.4, 0.5) is 0 Å². The van der Waals surface area contributed by atoms with Gasteiger partial charge in [-0.3, -0.25) is 0 Å². The number of hydrogen-bond donors (Lipinski definition) is 0. The first-order valence-corrected chi connectivity index (χ1v) is 8.16. The van der Waals surface area contributed by atoms with Crippen molar-refractivity contribution in [2.24, 2.45) is 29.6 Å². The predicted molar refractivity (Wildman–Crippen MR) is 87.6 cm³/mol. The van der Waals surface area contributed by atoms with Crippen LogP contribution in [0.15, 0.2) is 0 Å². The molecule has 18 heavy (non-hydrogen) atoms. The van der Waals surface area contributed by atoms with Crippen LogP contribution in [0.3, 0.4) is 0 Å². The smallest absolute Gasteiger partial charge is 0.0859 e. The molecule has 0 rings (SSSR count). The van der Waals surface area contributed by atoms with Crippen molar-refractivity contribution in [2.45, 2.75) is 80.8 Å². The Morgan fingerprint density at radius 3 is 1.67 bits per heavy atom. The minimum Gasteiger partial charge on any atom is -0.0859 e. The summed E-state index contributed by atoms with van der Waals surface area (Å²) in [4.78, 5) is 0. The topological polar surface area (TPSA) is 0 Å². The zero-order valence-corrected chi connectivity index (χ0v) is 14.5. The van der Waals surface area contributed by atoms with Crippen molar-refractivity contribution in [1.82, 2.24) is 0 Å². The standard InChI is InChI=1S/C17H37B/c1-12(2)10-14(5)16(7)15(6)11-18(9)17(8)13(3)4/h12-17H,10-11H2,1-9H3. The molecular weight excluding hydrogens is 215 g/mol. The average molecular weight is 252 g/mol. The van der Waals surface area contributed by atoms with Crippen molar-refractivity contribution in [3.8, 4) is 0 Å². The minimum absolute atomic E-state index is 0.815. The van der Waals surface area contributed by atoms with E-state index in [9.17, 15) is 0 Å². The molecule has 0 aliphatic carbocycles. The van der Waals surface area contributed by atoms with Gasteiger partial charge in [0.1, 0.15) is 6.71 Å². The highest BCUT2D eigenvalue weighted by molar-refractivity contribution is 6.59. The first-order valence-electron chi connectivity index (χ1n) is 8.16. The van der Waals surface area contributed by atoms with Crippen molar-refractivity contribution < 1.29 is 0 Å². The second-order valence-corrected chi connectivity index (χ2v) is 7.76. The van der Waals surface area contributed by atoms with Gasteiger partial charge in [-0.25, -0.2) is 0 Å². The third kappa shape index (κ3) is 6.30. The van der Waals surface area contributed by atoms with Crippen molar-refractivity contribution in [2.75, 3.05) is 0 Å². The summed E-state index contributed by atoms with van der Waals surface area (Å²) in [7, 11) is 0. The molecule has 4 atom stereocenters. The van der Waals surface area contributed by atoms with E-state index in [-0.39, 0.29) is 0 Å². The molecule has 0 spiro atoms. The van der Waals surface area contributed by atoms with E-state index in [1.807, 2.05) is 0 Å². The molecule has 0 aromatic carbocycles. The van der Waals surface area contributed by atoms with Gasteiger partial charge in [-0.15, -0.1) is 0 Å². The molecule has 1 heteroatoms. The number of hydrogen-bond acceptors (Lipinski definition) is 0. The van der Waals surface area contributed by atoms with E-state index < -0.39 is 0 Å². The van der Waals surface area contributed by atoms with E-state index in [0.717, 1.165) is 42.1 Å². The van der Waals surface area contributed by atoms with E-state index in [1.54, 1.807) is 0 Å². The predicted octanol–water partition coefficient (Wildman–Crippen LogP) is 6.11. The Labute approximate surface area is 117 Å². The third-order valence-electron chi connectivity index (χ3n) is 5.33. The lowest BCUT2D eigenvalue weighted by Crippen LogP contribution is -2.26. The Morgan fingerprint density at radius 1 is 0.778 bits per heavy atom. The fraction of sp³-hybridized carbons (Fsp3) is 1.00. The maximum atomic E-state index is 2.46. The molecule has 0 saturated carbocycles. The van der Waals surface area contributed by atoms with E-state index >= 15 is 0 Å². The van der Waals surface area contributed by atoms with Crippen LogP contribution in [-0.2, 0) is 0 Å². The van der Waals surface area contributed by atoms with Crippen molar-refractivity contribution in [3.63, 3.8) is 0 Å². The Morgan fingerprint density at radius 2 is 1.28 bits per heavy atom. The van der Waals surface area contributed by atoms with Gasteiger partial charge in [-0.2, -0.15) is 0 Å². The van der Waals surface area contributed by atoms with Gasteiger partial charge in [0, 0.05) is 0 Å². The van der Waals surface area contributed by atoms with Gasteiger partial charge in [0.05, 0.1) is 0 Å². The highest BCUT2D eigenvalue weighted by atomic mass is 14.2. The zero-order valence-electron chi connectivity index (χ0n) is 14.5. The molecule has 0 fully saturated rings. The molecule has 0 aromatic rings. The zero-order chi connectivity index (χ0) is 14.5. The molecule has 0 amide bonds. The summed E-state index contributed by atoms with van der Waals surface area (Å²) in [5, 5.41) is 0. The molecular formula is C17H37B. The lowest BCUT2D eigenvalue weighted by atomic mass is 9.37. The second kappa shape index (κ2) is 8.28. The van der Waals surface area contributed by atoms with Crippen LogP contribution in [0.25, 0.3) is 0 Å². The summed E-state index contributed by atoms with van der Waals surface area (Å²) in [5.41, 5.74) is 0. The summed E-state index contributed by atoms with van der Waals surface area (Å²) >= 11 is 0. The summed E-state index contributed by atoms with van der Waals surface area (Å²) in [6, 6.07) is 0. The molecule has 0 heterocycles. The molecule has 0 aliphatic heterocycles. The molecule has 0 radical (unpaired) electrons. The maximum absolute atomic E-state index is 2.46. The summed E-state index contributed by atoms with van der Waals surface area (Å²) in [6.45, 7) is 22.5. The Kier molecular flexibility index (Phi) is 8.31. The minimum atomic E-state index is 0.815. The molecule has 0 nitrogen and oxygen atoms in total. The van der Waals surface area contributed by atoms with Gasteiger partial charge in [-0.05, 0) is 30.1 Å². The van der Waals surface area contributed by atoms with Gasteiger partial charge in [0.2, 0.25) is 0 Å². The summed E-state index contributed by atoms with van der Waals surface area (Å²) in [6.07, 6.45) is 2.77. The van der Waals surface area contributed by atoms with Crippen LogP contribution in [0.1, 0.15) is 61.8 Å². The van der Waals surface area contributed by atoms with E-state index in [1.165, 1.54) is 12.7 Å². The van der Waals surface area contributed by atoms with Crippen LogP contribution in [0.5, 0.6) is 0 Å². The highest BCUT2D eigenvalue weighted by Crippen LogP contribution is 2.32. The second-order valence-electron chi connectivity index (χ2n) is 7.76. The Hall–Kier alpha value is 0.0649. The Balaban J connectivity index is 4.26. The monoisotopic (exact) mass is 252 g/mol. The Bertz CT molecular complexity index is 210. The van der Waals surface area contributed by atoms with Gasteiger partial charge >= 0.3 is 0 Å². The van der Waals surface area contributed by atoms with Gasteiger partial charge in [0.25, 0.3) is 0 Å². The van der Waals surface area contributed by atoms with E-state index in [2.05, 4.69) is 62.2 Å². The first kappa shape index (κ1) is 18.1. The number of rotatable bonds is 8. The lowest BCUT2D eigenvalue weighted by Gasteiger charge is -2.31. The van der Waals surface area contributed by atoms with Crippen LogP contribution in [-0.4, -0.2) is 6.71 Å². The van der Waals surface area contributed by atoms with Crippen molar-refractivity contribution in [1.29, 1.82) is 0 Å². The first-order chi connectivity index (χ1) is 8.16. The third-order valence-corrected chi connectivity index (χ3v) is 5.33. The van der Waals surface area contributed by atoms with Crippen LogP contribution in [0, 0.1) is 29.6 Å². The molecule has 0 saturated heterocycles. The average Bonchev–Trinajstić information content (AvgIpc) is 2.25. The van der Waals surface area contributed by atoms with Crippen molar-refractivity contribution >= 4 is 6.71 Å². The SMILES string of the molecule is CB(CC(C)C(C)C(C)CC(C)C)C(C)C(C)C. The van der Waals surface area contributed by atoms with Crippen LogP contribution < -0.4 is 0 Å². The molecule has 0 aromatic heterocycles. The van der Waals surface area contributed by atoms with Gasteiger partial charge in [0.15, 0.2) is 0 Å². The lowest BCUT2D eigenvalue weighted by molar-refractivity contribution is 0.257. The van der Waals surface area contributed by atoms with E-state index in [4.69, 9.17) is 0 Å². The molecule has 0 aliphatic rings. The van der Waals surface area contributed by atoms with Crippen LogP contribution >= 0.6 is 0 Å². The quantitative estimate of drug-likeness (QED) is 0.457. The molecule has 108 valence electrons. The molecule has 0 bridgehead atoms.